The fourth-order valence-corrected chi connectivity index (χ4v) is 2.21. The molecule has 2 N–H and O–H groups in total. The Balaban J connectivity index is 2.14. The highest BCUT2D eigenvalue weighted by atomic mass is 16.2. The highest BCUT2D eigenvalue weighted by Crippen LogP contribution is 2.27. The number of nitrogens with two attached hydrogens (primary N) is 1. The fourth-order valence-electron chi connectivity index (χ4n) is 2.21. The third-order valence-corrected chi connectivity index (χ3v) is 3.31. The van der Waals surface area contributed by atoms with Gasteiger partial charge in [0.2, 0.25) is 11.8 Å². The van der Waals surface area contributed by atoms with Gasteiger partial charge in [-0.3, -0.25) is 9.59 Å². The van der Waals surface area contributed by atoms with Crippen molar-refractivity contribution >= 4 is 11.8 Å². The van der Waals surface area contributed by atoms with E-state index < -0.39 is 0 Å². The largest absolute Gasteiger partial charge is 0.369 e. The zero-order valence-corrected chi connectivity index (χ0v) is 9.80. The molecule has 1 aromatic carbocycles. The first-order chi connectivity index (χ1) is 8.09. The van der Waals surface area contributed by atoms with Crippen molar-refractivity contribution in [1.29, 1.82) is 0 Å². The lowest BCUT2D eigenvalue weighted by atomic mass is 10.1. The highest BCUT2D eigenvalue weighted by molar-refractivity contribution is 5.88. The molecule has 0 bridgehead atoms. The summed E-state index contributed by atoms with van der Waals surface area (Å²) in [5.74, 6) is -0.722. The van der Waals surface area contributed by atoms with E-state index in [0.717, 1.165) is 5.56 Å². The number of hydrogen-bond acceptors (Lipinski definition) is 2. The van der Waals surface area contributed by atoms with Crippen LogP contribution in [0.4, 0.5) is 0 Å². The Morgan fingerprint density at radius 2 is 2.06 bits per heavy atom. The summed E-state index contributed by atoms with van der Waals surface area (Å²) in [6.45, 7) is 2.40. The predicted octanol–water partition coefficient (Wildman–Crippen LogP) is 1.08. The summed E-state index contributed by atoms with van der Waals surface area (Å²) in [6, 6.07) is 9.78. The van der Waals surface area contributed by atoms with Crippen molar-refractivity contribution in [3.8, 4) is 0 Å². The molecule has 1 aliphatic heterocycles. The zero-order valence-electron chi connectivity index (χ0n) is 9.80. The van der Waals surface area contributed by atoms with Gasteiger partial charge in [-0.15, -0.1) is 0 Å². The second kappa shape index (κ2) is 4.57. The van der Waals surface area contributed by atoms with Crippen molar-refractivity contribution in [1.82, 2.24) is 4.90 Å². The summed E-state index contributed by atoms with van der Waals surface area (Å²) in [5, 5.41) is 0. The minimum Gasteiger partial charge on any atom is -0.369 e. The summed E-state index contributed by atoms with van der Waals surface area (Å²) < 4.78 is 0. The van der Waals surface area contributed by atoms with Crippen LogP contribution >= 0.6 is 0 Å². The summed E-state index contributed by atoms with van der Waals surface area (Å²) in [5.41, 5.74) is 6.32. The Kier molecular flexibility index (Phi) is 3.13. The van der Waals surface area contributed by atoms with Crippen molar-refractivity contribution in [2.75, 3.05) is 6.54 Å². The van der Waals surface area contributed by atoms with Crippen molar-refractivity contribution in [2.45, 2.75) is 19.4 Å². The van der Waals surface area contributed by atoms with Crippen LogP contribution in [0.2, 0.25) is 0 Å². The molecule has 1 saturated heterocycles. The minimum absolute atomic E-state index is 0.00477. The molecule has 0 radical (unpaired) electrons. The first kappa shape index (κ1) is 11.6. The van der Waals surface area contributed by atoms with E-state index in [4.69, 9.17) is 5.73 Å². The van der Waals surface area contributed by atoms with Crippen LogP contribution in [0.3, 0.4) is 0 Å². The average molecular weight is 232 g/mol. The maximum Gasteiger partial charge on any atom is 0.223 e. The molecular weight excluding hydrogens is 216 g/mol. The van der Waals surface area contributed by atoms with E-state index >= 15 is 0 Å². The monoisotopic (exact) mass is 232 g/mol. The maximum absolute atomic E-state index is 11.8. The standard InChI is InChI=1S/C13H16N2O2/c1-9(10-5-3-2-4-6-10)15-8-11(13(14)17)7-12(15)16/h2-6,9,11H,7-8H2,1H3,(H2,14,17)/t9-,11?/m1/s1. The lowest BCUT2D eigenvalue weighted by Crippen LogP contribution is -2.30. The normalized spacial score (nSPS) is 21.6. The summed E-state index contributed by atoms with van der Waals surface area (Å²) in [6.07, 6.45) is 0.243. The van der Waals surface area contributed by atoms with Crippen molar-refractivity contribution in [3.63, 3.8) is 0 Å². The number of amides is 2. The predicted molar refractivity (Wildman–Crippen MR) is 63.9 cm³/mol. The summed E-state index contributed by atoms with van der Waals surface area (Å²) >= 11 is 0. The Morgan fingerprint density at radius 3 is 2.59 bits per heavy atom. The minimum atomic E-state index is -0.388. The van der Waals surface area contributed by atoms with Gasteiger partial charge >= 0.3 is 0 Å². The van der Waals surface area contributed by atoms with E-state index in [-0.39, 0.29) is 30.2 Å². The first-order valence-electron chi connectivity index (χ1n) is 5.73. The number of nitrogens with zero attached hydrogens (tertiary/aromatic N) is 1. The van der Waals surface area contributed by atoms with Crippen LogP contribution in [0.5, 0.6) is 0 Å². The van der Waals surface area contributed by atoms with E-state index in [1.165, 1.54) is 0 Å². The number of primary amides is 1. The molecule has 4 nitrogen and oxygen atoms in total. The topological polar surface area (TPSA) is 63.4 Å². The smallest absolute Gasteiger partial charge is 0.223 e. The molecule has 1 unspecified atom stereocenters. The Bertz CT molecular complexity index is 430. The van der Waals surface area contributed by atoms with E-state index in [1.54, 1.807) is 4.90 Å². The number of carbonyl (C=O) groups is 2. The summed E-state index contributed by atoms with van der Waals surface area (Å²) in [4.78, 5) is 24.6. The molecule has 0 aromatic heterocycles. The molecule has 0 spiro atoms. The molecule has 1 aromatic rings. The Hall–Kier alpha value is -1.84. The fraction of sp³-hybridized carbons (Fsp3) is 0.385. The third-order valence-electron chi connectivity index (χ3n) is 3.31. The molecule has 4 heteroatoms. The number of hydrogen-bond donors (Lipinski definition) is 1. The van der Waals surface area contributed by atoms with Crippen LogP contribution in [-0.2, 0) is 9.59 Å². The molecule has 1 heterocycles. The number of benzene rings is 1. The van der Waals surface area contributed by atoms with E-state index in [2.05, 4.69) is 0 Å². The molecule has 2 amide bonds. The van der Waals surface area contributed by atoms with Crippen molar-refractivity contribution in [3.05, 3.63) is 35.9 Å². The van der Waals surface area contributed by atoms with Gasteiger partial charge in [0.15, 0.2) is 0 Å². The molecule has 2 rings (SSSR count). The highest BCUT2D eigenvalue weighted by Gasteiger charge is 2.35. The van der Waals surface area contributed by atoms with Gasteiger partial charge in [0.1, 0.15) is 0 Å². The Morgan fingerprint density at radius 1 is 1.41 bits per heavy atom. The maximum atomic E-state index is 11.8. The quantitative estimate of drug-likeness (QED) is 0.847. The van der Waals surface area contributed by atoms with Crippen LogP contribution in [0.1, 0.15) is 24.9 Å². The number of likely N-dealkylation sites (tertiary alicyclic amines) is 1. The SMILES string of the molecule is C[C@H](c1ccccc1)N1CC(C(N)=O)CC1=O. The van der Waals surface area contributed by atoms with Gasteiger partial charge in [-0.2, -0.15) is 0 Å². The molecule has 0 saturated carbocycles. The van der Waals surface area contributed by atoms with Crippen LogP contribution < -0.4 is 5.73 Å². The molecule has 17 heavy (non-hydrogen) atoms. The lowest BCUT2D eigenvalue weighted by Gasteiger charge is -2.24. The van der Waals surface area contributed by atoms with Crippen molar-refractivity contribution < 1.29 is 9.59 Å². The second-order valence-electron chi connectivity index (χ2n) is 4.44. The average Bonchev–Trinajstić information content (AvgIpc) is 2.72. The molecule has 1 fully saturated rings. The summed E-state index contributed by atoms with van der Waals surface area (Å²) in [7, 11) is 0. The van der Waals surface area contributed by atoms with Crippen LogP contribution in [-0.4, -0.2) is 23.3 Å². The van der Waals surface area contributed by atoms with Gasteiger partial charge in [0, 0.05) is 13.0 Å². The van der Waals surface area contributed by atoms with Gasteiger partial charge in [-0.1, -0.05) is 30.3 Å². The van der Waals surface area contributed by atoms with Gasteiger partial charge in [0.25, 0.3) is 0 Å². The molecule has 90 valence electrons. The van der Waals surface area contributed by atoms with Gasteiger partial charge in [-0.05, 0) is 12.5 Å². The molecule has 0 aliphatic carbocycles. The van der Waals surface area contributed by atoms with Crippen LogP contribution in [0.15, 0.2) is 30.3 Å². The third kappa shape index (κ3) is 2.30. The van der Waals surface area contributed by atoms with Gasteiger partial charge in [0.05, 0.1) is 12.0 Å². The number of rotatable bonds is 3. The first-order valence-corrected chi connectivity index (χ1v) is 5.73. The number of carbonyl (C=O) groups excluding carboxylic acids is 2. The Labute approximate surface area is 100 Å². The van der Waals surface area contributed by atoms with Crippen LogP contribution in [0, 0.1) is 5.92 Å². The molecular formula is C13H16N2O2. The molecule has 1 aliphatic rings. The zero-order chi connectivity index (χ0) is 12.4. The van der Waals surface area contributed by atoms with Crippen LogP contribution in [0.25, 0.3) is 0 Å². The lowest BCUT2D eigenvalue weighted by molar-refractivity contribution is -0.130. The van der Waals surface area contributed by atoms with E-state index in [1.807, 2.05) is 37.3 Å². The second-order valence-corrected chi connectivity index (χ2v) is 4.44. The van der Waals surface area contributed by atoms with Gasteiger partial charge in [-0.25, -0.2) is 0 Å². The van der Waals surface area contributed by atoms with E-state index in [0.29, 0.717) is 6.54 Å². The van der Waals surface area contributed by atoms with E-state index in [9.17, 15) is 9.59 Å². The van der Waals surface area contributed by atoms with Gasteiger partial charge < -0.3 is 10.6 Å². The van der Waals surface area contributed by atoms with Crippen molar-refractivity contribution in [2.24, 2.45) is 11.7 Å². The molecule has 2 atom stereocenters.